The fourth-order valence-electron chi connectivity index (χ4n) is 0.900. The minimum absolute atomic E-state index is 0.129. The predicted octanol–water partition coefficient (Wildman–Crippen LogP) is 0.829. The topological polar surface area (TPSA) is 33.3 Å². The maximum absolute atomic E-state index is 5.13. The minimum Gasteiger partial charge on any atom is -0.282 e. The summed E-state index contributed by atoms with van der Waals surface area (Å²) in [5.74, 6) is 0. The van der Waals surface area contributed by atoms with Crippen molar-refractivity contribution in [1.29, 1.82) is 0 Å². The molecule has 1 aliphatic heterocycles. The van der Waals surface area contributed by atoms with Crippen LogP contribution in [0.1, 0.15) is 27.7 Å². The van der Waals surface area contributed by atoms with Gasteiger partial charge in [-0.25, -0.2) is 0 Å². The summed E-state index contributed by atoms with van der Waals surface area (Å²) in [6.07, 6.45) is 0.395. The molecule has 1 rings (SSSR count). The van der Waals surface area contributed by atoms with Crippen LogP contribution in [0.2, 0.25) is 0 Å². The van der Waals surface area contributed by atoms with E-state index in [-0.39, 0.29) is 17.8 Å². The lowest BCUT2D eigenvalue weighted by molar-refractivity contribution is 0.0231. The average Bonchev–Trinajstić information content (AvgIpc) is 2.11. The van der Waals surface area contributed by atoms with Crippen molar-refractivity contribution < 1.29 is 4.84 Å². The third-order valence-corrected chi connectivity index (χ3v) is 1.63. The molecule has 60 valence electrons. The van der Waals surface area contributed by atoms with E-state index in [1.807, 2.05) is 6.92 Å². The highest BCUT2D eigenvalue weighted by Crippen LogP contribution is 2.20. The predicted molar refractivity (Wildman–Crippen MR) is 40.1 cm³/mol. The summed E-state index contributed by atoms with van der Waals surface area (Å²) < 4.78 is 0. The Morgan fingerprint density at radius 2 is 1.90 bits per heavy atom. The molecule has 1 aliphatic rings. The Morgan fingerprint density at radius 1 is 1.30 bits per heavy atom. The Kier molecular flexibility index (Phi) is 1.99. The van der Waals surface area contributed by atoms with E-state index in [4.69, 9.17) is 4.84 Å². The van der Waals surface area contributed by atoms with Crippen LogP contribution in [0.5, 0.6) is 0 Å². The van der Waals surface area contributed by atoms with Crippen LogP contribution in [0.25, 0.3) is 0 Å². The van der Waals surface area contributed by atoms with Crippen LogP contribution in [0.15, 0.2) is 0 Å². The summed E-state index contributed by atoms with van der Waals surface area (Å²) in [5, 5.41) is 3.26. The van der Waals surface area contributed by atoms with Crippen molar-refractivity contribution in [3.8, 4) is 0 Å². The van der Waals surface area contributed by atoms with Crippen molar-refractivity contribution in [3.63, 3.8) is 0 Å². The maximum Gasteiger partial charge on any atom is 0.128 e. The Morgan fingerprint density at radius 3 is 2.10 bits per heavy atom. The standard InChI is InChI=1S/C7H16N2O/c1-5-8-6(9-10-5)7(2,3)4/h5-6,8-9H,1-4H3. The van der Waals surface area contributed by atoms with Crippen molar-refractivity contribution in [2.45, 2.75) is 40.1 Å². The fourth-order valence-corrected chi connectivity index (χ4v) is 0.900. The Hall–Kier alpha value is -0.120. The summed E-state index contributed by atoms with van der Waals surface area (Å²) in [5.41, 5.74) is 3.15. The van der Waals surface area contributed by atoms with Crippen LogP contribution in [-0.4, -0.2) is 12.4 Å². The molecule has 3 nitrogen and oxygen atoms in total. The molecule has 1 saturated heterocycles. The van der Waals surface area contributed by atoms with Crippen molar-refractivity contribution in [2.24, 2.45) is 5.41 Å². The van der Waals surface area contributed by atoms with E-state index in [1.165, 1.54) is 0 Å². The van der Waals surface area contributed by atoms with E-state index in [9.17, 15) is 0 Å². The van der Waals surface area contributed by atoms with E-state index in [2.05, 4.69) is 31.6 Å². The smallest absolute Gasteiger partial charge is 0.128 e. The van der Waals surface area contributed by atoms with Crippen molar-refractivity contribution >= 4 is 0 Å². The number of nitrogens with one attached hydrogen (secondary N) is 2. The molecule has 0 aromatic carbocycles. The lowest BCUT2D eigenvalue weighted by Crippen LogP contribution is -2.43. The average molecular weight is 144 g/mol. The van der Waals surface area contributed by atoms with Gasteiger partial charge in [-0.1, -0.05) is 20.8 Å². The van der Waals surface area contributed by atoms with E-state index in [0.29, 0.717) is 0 Å². The third kappa shape index (κ3) is 1.68. The van der Waals surface area contributed by atoms with Gasteiger partial charge in [0.15, 0.2) is 0 Å². The van der Waals surface area contributed by atoms with Gasteiger partial charge in [0.05, 0.1) is 6.17 Å². The minimum atomic E-state index is 0.129. The van der Waals surface area contributed by atoms with Gasteiger partial charge in [-0.15, -0.1) is 0 Å². The normalized spacial score (nSPS) is 34.8. The lowest BCUT2D eigenvalue weighted by Gasteiger charge is -2.25. The molecule has 0 bridgehead atoms. The summed E-state index contributed by atoms with van der Waals surface area (Å²) in [6, 6.07) is 0. The highest BCUT2D eigenvalue weighted by molar-refractivity contribution is 4.79. The quantitative estimate of drug-likeness (QED) is 0.528. The molecule has 2 N–H and O–H groups in total. The zero-order valence-corrected chi connectivity index (χ0v) is 7.06. The second-order valence-corrected chi connectivity index (χ2v) is 3.84. The maximum atomic E-state index is 5.13. The molecule has 0 aromatic heterocycles. The molecule has 1 fully saturated rings. The lowest BCUT2D eigenvalue weighted by atomic mass is 9.93. The first-order valence-electron chi connectivity index (χ1n) is 3.67. The van der Waals surface area contributed by atoms with Crippen molar-refractivity contribution in [2.75, 3.05) is 0 Å². The molecular formula is C7H16N2O. The molecule has 3 heteroatoms. The van der Waals surface area contributed by atoms with Crippen LogP contribution < -0.4 is 10.8 Å². The highest BCUT2D eigenvalue weighted by Gasteiger charge is 2.30. The first kappa shape index (κ1) is 7.98. The fraction of sp³-hybridized carbons (Fsp3) is 1.00. The second-order valence-electron chi connectivity index (χ2n) is 3.84. The van der Waals surface area contributed by atoms with Crippen LogP contribution in [0.4, 0.5) is 0 Å². The van der Waals surface area contributed by atoms with Gasteiger partial charge in [-0.05, 0) is 12.3 Å². The van der Waals surface area contributed by atoms with Gasteiger partial charge in [0.1, 0.15) is 6.23 Å². The molecule has 0 spiro atoms. The van der Waals surface area contributed by atoms with Gasteiger partial charge in [0.2, 0.25) is 0 Å². The van der Waals surface area contributed by atoms with Crippen LogP contribution in [-0.2, 0) is 4.84 Å². The van der Waals surface area contributed by atoms with Gasteiger partial charge in [0, 0.05) is 0 Å². The summed E-state index contributed by atoms with van der Waals surface area (Å²) in [7, 11) is 0. The number of hydroxylamine groups is 1. The molecule has 2 atom stereocenters. The summed E-state index contributed by atoms with van der Waals surface area (Å²) >= 11 is 0. The van der Waals surface area contributed by atoms with Gasteiger partial charge < -0.3 is 0 Å². The summed E-state index contributed by atoms with van der Waals surface area (Å²) in [6.45, 7) is 8.48. The Balaban J connectivity index is 2.45. The van der Waals surface area contributed by atoms with Crippen molar-refractivity contribution in [1.82, 2.24) is 10.8 Å². The zero-order chi connectivity index (χ0) is 7.78. The first-order chi connectivity index (χ1) is 4.50. The Bertz CT molecular complexity index is 119. The molecule has 0 aliphatic carbocycles. The van der Waals surface area contributed by atoms with Gasteiger partial charge in [-0.3, -0.25) is 10.2 Å². The first-order valence-corrected chi connectivity index (χ1v) is 3.67. The van der Waals surface area contributed by atoms with Gasteiger partial charge in [-0.2, -0.15) is 5.48 Å². The zero-order valence-electron chi connectivity index (χ0n) is 7.06. The van der Waals surface area contributed by atoms with E-state index < -0.39 is 0 Å². The number of rotatable bonds is 0. The molecule has 0 amide bonds. The number of hydrogen-bond donors (Lipinski definition) is 2. The third-order valence-electron chi connectivity index (χ3n) is 1.63. The van der Waals surface area contributed by atoms with E-state index in [1.54, 1.807) is 0 Å². The number of hydrogen-bond acceptors (Lipinski definition) is 3. The Labute approximate surface area is 62.1 Å². The second kappa shape index (κ2) is 2.49. The van der Waals surface area contributed by atoms with Gasteiger partial charge in [0.25, 0.3) is 0 Å². The van der Waals surface area contributed by atoms with Crippen LogP contribution in [0, 0.1) is 5.41 Å². The summed E-state index contributed by atoms with van der Waals surface area (Å²) in [4.78, 5) is 5.13. The largest absolute Gasteiger partial charge is 0.282 e. The molecule has 10 heavy (non-hydrogen) atoms. The molecule has 0 saturated carbocycles. The van der Waals surface area contributed by atoms with Crippen molar-refractivity contribution in [3.05, 3.63) is 0 Å². The van der Waals surface area contributed by atoms with Crippen LogP contribution in [0.3, 0.4) is 0 Å². The monoisotopic (exact) mass is 144 g/mol. The SMILES string of the molecule is CC1NC(C(C)(C)C)NO1. The molecule has 2 unspecified atom stereocenters. The van der Waals surface area contributed by atoms with E-state index in [0.717, 1.165) is 0 Å². The molecule has 0 radical (unpaired) electrons. The van der Waals surface area contributed by atoms with E-state index >= 15 is 0 Å². The molecule has 0 aromatic rings. The molecule has 1 heterocycles. The van der Waals surface area contributed by atoms with Crippen LogP contribution >= 0.6 is 0 Å². The highest BCUT2D eigenvalue weighted by atomic mass is 16.7. The van der Waals surface area contributed by atoms with Gasteiger partial charge >= 0.3 is 0 Å². The molecular weight excluding hydrogens is 128 g/mol.